The van der Waals surface area contributed by atoms with Crippen molar-refractivity contribution >= 4 is 11.0 Å². The van der Waals surface area contributed by atoms with Crippen LogP contribution in [0.1, 0.15) is 20.8 Å². The zero-order chi connectivity index (χ0) is 22.4. The fourth-order valence-electron chi connectivity index (χ4n) is 3.83. The first-order valence-corrected chi connectivity index (χ1v) is 9.99. The molecule has 0 saturated carbocycles. The number of aromatic hydroxyl groups is 3. The quantitative estimate of drug-likeness (QED) is 0.500. The number of hydrogen-bond acceptors (Lipinski definition) is 8. The second-order valence-electron chi connectivity index (χ2n) is 8.01. The third-order valence-corrected chi connectivity index (χ3v) is 5.91. The van der Waals surface area contributed by atoms with Gasteiger partial charge in [0.1, 0.15) is 28.2 Å². The lowest BCUT2D eigenvalue weighted by molar-refractivity contribution is -0.226. The summed E-state index contributed by atoms with van der Waals surface area (Å²) in [7, 11) is 0. The molecule has 3 aromatic rings. The number of fused-ring (bicyclic) bond motifs is 1. The monoisotopic (exact) mass is 428 g/mol. The van der Waals surface area contributed by atoms with E-state index in [-0.39, 0.29) is 45.8 Å². The predicted molar refractivity (Wildman–Crippen MR) is 112 cm³/mol. The highest BCUT2D eigenvalue weighted by Crippen LogP contribution is 2.38. The molecule has 31 heavy (non-hydrogen) atoms. The van der Waals surface area contributed by atoms with Crippen LogP contribution in [0.25, 0.3) is 22.3 Å². The summed E-state index contributed by atoms with van der Waals surface area (Å²) in [6.07, 6.45) is -2.03. The van der Waals surface area contributed by atoms with E-state index in [0.29, 0.717) is 5.56 Å². The van der Waals surface area contributed by atoms with E-state index < -0.39 is 29.7 Å². The maximum absolute atomic E-state index is 13.3. The average molecular weight is 428 g/mol. The molecule has 0 amide bonds. The Morgan fingerprint density at radius 2 is 1.61 bits per heavy atom. The maximum atomic E-state index is 13.3. The van der Waals surface area contributed by atoms with Crippen molar-refractivity contribution in [2.75, 3.05) is 0 Å². The van der Waals surface area contributed by atoms with Crippen LogP contribution >= 0.6 is 0 Å². The third kappa shape index (κ3) is 3.68. The number of phenols is 3. The summed E-state index contributed by atoms with van der Waals surface area (Å²) in [5, 5.41) is 39.8. The summed E-state index contributed by atoms with van der Waals surface area (Å²) in [5.74, 6) is -1.19. The summed E-state index contributed by atoms with van der Waals surface area (Å²) in [5.41, 5.74) is -0.212. The second-order valence-corrected chi connectivity index (χ2v) is 8.01. The zero-order valence-corrected chi connectivity index (χ0v) is 17.3. The van der Waals surface area contributed by atoms with E-state index in [4.69, 9.17) is 13.9 Å². The smallest absolute Gasteiger partial charge is 0.239 e. The molecule has 4 rings (SSSR count). The minimum atomic E-state index is -0.844. The van der Waals surface area contributed by atoms with E-state index in [1.54, 1.807) is 19.1 Å². The Kier molecular flexibility index (Phi) is 5.28. The molecule has 8 nitrogen and oxygen atoms in total. The highest BCUT2D eigenvalue weighted by molar-refractivity contribution is 5.88. The van der Waals surface area contributed by atoms with Gasteiger partial charge >= 0.3 is 0 Å². The molecule has 0 aliphatic carbocycles. The van der Waals surface area contributed by atoms with Gasteiger partial charge in [0.15, 0.2) is 5.76 Å². The van der Waals surface area contributed by atoms with E-state index in [9.17, 15) is 25.2 Å². The van der Waals surface area contributed by atoms with Gasteiger partial charge in [-0.25, -0.2) is 0 Å². The largest absolute Gasteiger partial charge is 0.508 e. The molecule has 1 aliphatic heterocycles. The first-order chi connectivity index (χ1) is 14.7. The summed E-state index contributed by atoms with van der Waals surface area (Å²) in [6, 6.07) is 8.24. The molecular weight excluding hydrogens is 404 g/mol. The van der Waals surface area contributed by atoms with Crippen LogP contribution in [0, 0.1) is 11.8 Å². The SMILES string of the molecule is CC1OC(Oc2c(-c3ccc(O)cc3)oc3cc(O)cc(O)c3c2=O)C(C)C(C)C1O. The van der Waals surface area contributed by atoms with Crippen LogP contribution in [0.15, 0.2) is 45.6 Å². The molecule has 0 radical (unpaired) electrons. The molecule has 4 N–H and O–H groups in total. The van der Waals surface area contributed by atoms with Crippen molar-refractivity contribution in [3.63, 3.8) is 0 Å². The molecule has 0 spiro atoms. The fourth-order valence-corrected chi connectivity index (χ4v) is 3.83. The Balaban J connectivity index is 1.90. The lowest BCUT2D eigenvalue weighted by Gasteiger charge is -2.41. The van der Waals surface area contributed by atoms with Gasteiger partial charge in [-0.2, -0.15) is 0 Å². The number of rotatable bonds is 3. The lowest BCUT2D eigenvalue weighted by Crippen LogP contribution is -2.50. The molecule has 1 fully saturated rings. The summed E-state index contributed by atoms with van der Waals surface area (Å²) < 4.78 is 17.7. The van der Waals surface area contributed by atoms with E-state index in [1.165, 1.54) is 18.2 Å². The Morgan fingerprint density at radius 1 is 0.935 bits per heavy atom. The summed E-state index contributed by atoms with van der Waals surface area (Å²) in [4.78, 5) is 13.3. The Morgan fingerprint density at radius 3 is 2.29 bits per heavy atom. The fraction of sp³-hybridized carbons (Fsp3) is 0.348. The van der Waals surface area contributed by atoms with Gasteiger partial charge in [-0.1, -0.05) is 13.8 Å². The van der Waals surface area contributed by atoms with Gasteiger partial charge in [0, 0.05) is 23.6 Å². The highest BCUT2D eigenvalue weighted by atomic mass is 16.7. The Hall–Kier alpha value is -3.23. The molecule has 1 saturated heterocycles. The van der Waals surface area contributed by atoms with Crippen molar-refractivity contribution in [2.24, 2.45) is 11.8 Å². The molecule has 1 aromatic heterocycles. The van der Waals surface area contributed by atoms with Crippen LogP contribution in [-0.2, 0) is 4.74 Å². The molecule has 8 heteroatoms. The number of ether oxygens (including phenoxy) is 2. The van der Waals surface area contributed by atoms with Crippen molar-refractivity contribution in [2.45, 2.75) is 39.3 Å². The van der Waals surface area contributed by atoms with Crippen LogP contribution < -0.4 is 10.2 Å². The van der Waals surface area contributed by atoms with Crippen molar-refractivity contribution in [3.05, 3.63) is 46.6 Å². The molecule has 2 heterocycles. The molecule has 5 unspecified atom stereocenters. The topological polar surface area (TPSA) is 130 Å². The van der Waals surface area contributed by atoms with Crippen LogP contribution in [0.3, 0.4) is 0 Å². The average Bonchev–Trinajstić information content (AvgIpc) is 2.72. The van der Waals surface area contributed by atoms with Gasteiger partial charge in [0.2, 0.25) is 17.5 Å². The molecule has 5 atom stereocenters. The standard InChI is InChI=1S/C23H24O8/c1-10-11(2)23(29-12(3)19(10)27)31-22-20(28)18-16(26)8-15(25)9-17(18)30-21(22)13-4-6-14(24)7-5-13/h4-12,19,23-27H,1-3H3. The maximum Gasteiger partial charge on any atom is 0.239 e. The molecule has 0 bridgehead atoms. The third-order valence-electron chi connectivity index (χ3n) is 5.91. The highest BCUT2D eigenvalue weighted by Gasteiger charge is 2.40. The number of hydrogen-bond donors (Lipinski definition) is 4. The van der Waals surface area contributed by atoms with Crippen molar-refractivity contribution < 1.29 is 34.3 Å². The van der Waals surface area contributed by atoms with Gasteiger partial charge in [0.25, 0.3) is 0 Å². The van der Waals surface area contributed by atoms with Gasteiger partial charge in [-0.05, 0) is 37.1 Å². The number of benzene rings is 2. The van der Waals surface area contributed by atoms with Gasteiger partial charge in [-0.15, -0.1) is 0 Å². The number of aliphatic hydroxyl groups is 1. The van der Waals surface area contributed by atoms with Gasteiger partial charge in [-0.3, -0.25) is 4.79 Å². The molecule has 2 aromatic carbocycles. The van der Waals surface area contributed by atoms with Crippen molar-refractivity contribution in [1.82, 2.24) is 0 Å². The minimum absolute atomic E-state index is 0.0207. The van der Waals surface area contributed by atoms with Crippen LogP contribution in [0.4, 0.5) is 0 Å². The minimum Gasteiger partial charge on any atom is -0.508 e. The first kappa shape index (κ1) is 21.0. The summed E-state index contributed by atoms with van der Waals surface area (Å²) >= 11 is 0. The number of phenolic OH excluding ortho intramolecular Hbond substituents is 3. The van der Waals surface area contributed by atoms with Gasteiger partial charge < -0.3 is 34.3 Å². The Bertz CT molecular complexity index is 1170. The predicted octanol–water partition coefficient (Wildman–Crippen LogP) is 3.33. The van der Waals surface area contributed by atoms with Crippen molar-refractivity contribution in [3.8, 4) is 34.3 Å². The lowest BCUT2D eigenvalue weighted by atomic mass is 9.85. The zero-order valence-electron chi connectivity index (χ0n) is 17.3. The normalized spacial score (nSPS) is 26.1. The van der Waals surface area contributed by atoms with E-state index in [0.717, 1.165) is 6.07 Å². The van der Waals surface area contributed by atoms with Gasteiger partial charge in [0.05, 0.1) is 12.2 Å². The van der Waals surface area contributed by atoms with E-state index >= 15 is 0 Å². The second kappa shape index (κ2) is 7.79. The molecule has 1 aliphatic rings. The first-order valence-electron chi connectivity index (χ1n) is 9.99. The van der Waals surface area contributed by atoms with Crippen LogP contribution in [-0.4, -0.2) is 38.9 Å². The summed E-state index contributed by atoms with van der Waals surface area (Å²) in [6.45, 7) is 5.45. The van der Waals surface area contributed by atoms with Crippen LogP contribution in [0.2, 0.25) is 0 Å². The number of aliphatic hydroxyl groups excluding tert-OH is 1. The van der Waals surface area contributed by atoms with Crippen molar-refractivity contribution in [1.29, 1.82) is 0 Å². The van der Waals surface area contributed by atoms with Crippen LogP contribution in [0.5, 0.6) is 23.0 Å². The molecule has 164 valence electrons. The van der Waals surface area contributed by atoms with E-state index in [1.807, 2.05) is 13.8 Å². The molecular formula is C23H24O8. The van der Waals surface area contributed by atoms with E-state index in [2.05, 4.69) is 0 Å². The Labute approximate surface area is 177 Å².